The van der Waals surface area contributed by atoms with Gasteiger partial charge in [-0.2, -0.15) is 0 Å². The topological polar surface area (TPSA) is 12.9 Å². The second-order valence-corrected chi connectivity index (χ2v) is 6.10. The Bertz CT molecular complexity index is 810. The molecule has 112 valence electrons. The molecule has 0 N–H and O–H groups in total. The lowest BCUT2D eigenvalue weighted by Gasteiger charge is -2.12. The van der Waals surface area contributed by atoms with Crippen molar-refractivity contribution in [1.82, 2.24) is 4.98 Å². The molecule has 3 aromatic rings. The minimum atomic E-state index is 1.02. The summed E-state index contributed by atoms with van der Waals surface area (Å²) < 4.78 is 0. The number of rotatable bonds is 3. The molecule has 3 rings (SSSR count). The number of nitrogens with zero attached hydrogens (tertiary/aromatic N) is 1. The minimum Gasteiger partial charge on any atom is -0.255 e. The van der Waals surface area contributed by atoms with Crippen molar-refractivity contribution in [2.75, 3.05) is 0 Å². The van der Waals surface area contributed by atoms with Gasteiger partial charge >= 0.3 is 0 Å². The van der Waals surface area contributed by atoms with E-state index in [0.717, 1.165) is 18.5 Å². The predicted molar refractivity (Wildman–Crippen MR) is 95.4 cm³/mol. The van der Waals surface area contributed by atoms with Crippen molar-refractivity contribution in [3.8, 4) is 11.3 Å². The Morgan fingerprint density at radius 1 is 0.818 bits per heavy atom. The number of aryl methyl sites for hydroxylation is 4. The molecule has 22 heavy (non-hydrogen) atoms. The van der Waals surface area contributed by atoms with Gasteiger partial charge in [0.2, 0.25) is 0 Å². The molecule has 1 heterocycles. The van der Waals surface area contributed by atoms with Gasteiger partial charge in [0.25, 0.3) is 0 Å². The third kappa shape index (κ3) is 2.64. The Kier molecular flexibility index (Phi) is 3.98. The van der Waals surface area contributed by atoms with Crippen LogP contribution in [0, 0.1) is 13.8 Å². The van der Waals surface area contributed by atoms with Gasteiger partial charge in [0.15, 0.2) is 0 Å². The van der Waals surface area contributed by atoms with Gasteiger partial charge in [-0.1, -0.05) is 49.2 Å². The van der Waals surface area contributed by atoms with Crippen molar-refractivity contribution < 1.29 is 0 Å². The Balaban J connectivity index is 2.30. The van der Waals surface area contributed by atoms with Crippen LogP contribution in [0.5, 0.6) is 0 Å². The van der Waals surface area contributed by atoms with E-state index in [0.29, 0.717) is 0 Å². The normalized spacial score (nSPS) is 11.1. The van der Waals surface area contributed by atoms with Crippen LogP contribution in [0.25, 0.3) is 22.0 Å². The van der Waals surface area contributed by atoms with Crippen LogP contribution in [0.4, 0.5) is 0 Å². The maximum Gasteiger partial charge on any atom is 0.0780 e. The van der Waals surface area contributed by atoms with E-state index in [-0.39, 0.29) is 0 Å². The molecule has 0 bridgehead atoms. The zero-order chi connectivity index (χ0) is 15.7. The number of benzene rings is 2. The van der Waals surface area contributed by atoms with Gasteiger partial charge in [-0.05, 0) is 55.3 Å². The molecule has 0 spiro atoms. The Morgan fingerprint density at radius 3 is 2.18 bits per heavy atom. The lowest BCUT2D eigenvalue weighted by Crippen LogP contribution is -1.94. The van der Waals surface area contributed by atoms with Crippen LogP contribution in [-0.2, 0) is 12.8 Å². The van der Waals surface area contributed by atoms with Gasteiger partial charge in [0.1, 0.15) is 0 Å². The highest BCUT2D eigenvalue weighted by Gasteiger charge is 2.10. The smallest absolute Gasteiger partial charge is 0.0780 e. The highest BCUT2D eigenvalue weighted by Crippen LogP contribution is 2.31. The molecule has 0 saturated heterocycles. The first kappa shape index (κ1) is 14.8. The largest absolute Gasteiger partial charge is 0.255 e. The average molecular weight is 289 g/mol. The van der Waals surface area contributed by atoms with Gasteiger partial charge in [-0.3, -0.25) is 4.98 Å². The lowest BCUT2D eigenvalue weighted by molar-refractivity contribution is 1.12. The van der Waals surface area contributed by atoms with Crippen LogP contribution in [0.1, 0.15) is 36.1 Å². The number of fused-ring (bicyclic) bond motifs is 1. The molecule has 2 aromatic carbocycles. The SMILES string of the molecule is CCc1ccc2c(-c3cc(C)cc(C)c3)ncc(CC)c2c1. The van der Waals surface area contributed by atoms with E-state index in [2.05, 4.69) is 70.3 Å². The van der Waals surface area contributed by atoms with E-state index in [4.69, 9.17) is 4.98 Å². The van der Waals surface area contributed by atoms with Crippen LogP contribution >= 0.6 is 0 Å². The quantitative estimate of drug-likeness (QED) is 0.607. The third-order valence-corrected chi connectivity index (χ3v) is 4.32. The van der Waals surface area contributed by atoms with Crippen molar-refractivity contribution >= 4 is 10.8 Å². The summed E-state index contributed by atoms with van der Waals surface area (Å²) in [4.78, 5) is 4.79. The second-order valence-electron chi connectivity index (χ2n) is 6.10. The fourth-order valence-electron chi connectivity index (χ4n) is 3.19. The molecular weight excluding hydrogens is 266 g/mol. The number of pyridine rings is 1. The average Bonchev–Trinajstić information content (AvgIpc) is 2.52. The Labute approximate surface area is 133 Å². The van der Waals surface area contributed by atoms with Gasteiger partial charge in [0, 0.05) is 17.1 Å². The van der Waals surface area contributed by atoms with Crippen LogP contribution in [0.15, 0.2) is 42.6 Å². The summed E-state index contributed by atoms with van der Waals surface area (Å²) in [7, 11) is 0. The molecule has 0 fully saturated rings. The first-order valence-corrected chi connectivity index (χ1v) is 8.11. The molecule has 1 aromatic heterocycles. The first-order valence-electron chi connectivity index (χ1n) is 8.11. The summed E-state index contributed by atoms with van der Waals surface area (Å²) in [6.07, 6.45) is 4.14. The molecule has 0 amide bonds. The maximum absolute atomic E-state index is 4.79. The van der Waals surface area contributed by atoms with Crippen molar-refractivity contribution in [3.05, 3.63) is 64.8 Å². The van der Waals surface area contributed by atoms with Crippen molar-refractivity contribution in [1.29, 1.82) is 0 Å². The Hall–Kier alpha value is -2.15. The maximum atomic E-state index is 4.79. The van der Waals surface area contributed by atoms with E-state index < -0.39 is 0 Å². The molecule has 0 unspecified atom stereocenters. The molecule has 0 aliphatic heterocycles. The molecule has 0 saturated carbocycles. The highest BCUT2D eigenvalue weighted by atomic mass is 14.7. The van der Waals surface area contributed by atoms with Gasteiger partial charge < -0.3 is 0 Å². The van der Waals surface area contributed by atoms with Crippen molar-refractivity contribution in [2.24, 2.45) is 0 Å². The van der Waals surface area contributed by atoms with Crippen molar-refractivity contribution in [2.45, 2.75) is 40.5 Å². The molecule has 1 nitrogen and oxygen atoms in total. The fraction of sp³-hybridized carbons (Fsp3) is 0.286. The Morgan fingerprint density at radius 2 is 1.55 bits per heavy atom. The van der Waals surface area contributed by atoms with Crippen LogP contribution in [0.3, 0.4) is 0 Å². The molecule has 0 aliphatic carbocycles. The molecular formula is C21H23N. The second kappa shape index (κ2) is 5.92. The summed E-state index contributed by atoms with van der Waals surface area (Å²) in [6.45, 7) is 8.70. The summed E-state index contributed by atoms with van der Waals surface area (Å²) in [5, 5.41) is 2.62. The predicted octanol–water partition coefficient (Wildman–Crippen LogP) is 5.64. The van der Waals surface area contributed by atoms with E-state index in [1.807, 2.05) is 0 Å². The monoisotopic (exact) mass is 289 g/mol. The fourth-order valence-corrected chi connectivity index (χ4v) is 3.19. The van der Waals surface area contributed by atoms with E-state index in [1.165, 1.54) is 38.6 Å². The first-order chi connectivity index (χ1) is 10.6. The number of hydrogen-bond acceptors (Lipinski definition) is 1. The summed E-state index contributed by atoms with van der Waals surface area (Å²) in [6, 6.07) is 13.5. The van der Waals surface area contributed by atoms with E-state index >= 15 is 0 Å². The zero-order valence-electron chi connectivity index (χ0n) is 13.9. The third-order valence-electron chi connectivity index (χ3n) is 4.32. The summed E-state index contributed by atoms with van der Waals surface area (Å²) >= 11 is 0. The van der Waals surface area contributed by atoms with Crippen molar-refractivity contribution in [3.63, 3.8) is 0 Å². The lowest BCUT2D eigenvalue weighted by atomic mass is 9.96. The van der Waals surface area contributed by atoms with Crippen LogP contribution < -0.4 is 0 Å². The van der Waals surface area contributed by atoms with Gasteiger partial charge in [-0.15, -0.1) is 0 Å². The number of aromatic nitrogens is 1. The molecule has 0 atom stereocenters. The van der Waals surface area contributed by atoms with Crippen LogP contribution in [0.2, 0.25) is 0 Å². The summed E-state index contributed by atoms with van der Waals surface area (Å²) in [5.74, 6) is 0. The van der Waals surface area contributed by atoms with E-state index in [9.17, 15) is 0 Å². The zero-order valence-corrected chi connectivity index (χ0v) is 13.9. The van der Waals surface area contributed by atoms with Gasteiger partial charge in [-0.25, -0.2) is 0 Å². The van der Waals surface area contributed by atoms with Gasteiger partial charge in [0.05, 0.1) is 5.69 Å². The summed E-state index contributed by atoms with van der Waals surface area (Å²) in [5.41, 5.74) is 7.61. The van der Waals surface area contributed by atoms with Crippen LogP contribution in [-0.4, -0.2) is 4.98 Å². The van der Waals surface area contributed by atoms with E-state index in [1.54, 1.807) is 0 Å². The molecule has 0 radical (unpaired) electrons. The number of hydrogen-bond donors (Lipinski definition) is 0. The highest BCUT2D eigenvalue weighted by molar-refractivity contribution is 5.97. The minimum absolute atomic E-state index is 1.02. The molecule has 0 aliphatic rings. The molecule has 1 heteroatoms. The standard InChI is InChI=1S/C21H23N/c1-5-16-7-8-19-20(12-16)17(6-2)13-22-21(19)18-10-14(3)9-15(4)11-18/h7-13H,5-6H2,1-4H3.